The first-order chi connectivity index (χ1) is 21.8. The monoisotopic (exact) mass is 671 g/mol. The molecule has 12 heteroatoms. The summed E-state index contributed by atoms with van der Waals surface area (Å²) in [6, 6.07) is 10.8. The average Bonchev–Trinajstić information content (AvgIpc) is 3.13. The topological polar surface area (TPSA) is 114 Å². The molecule has 6 rings (SSSR count). The molecule has 0 aromatic heterocycles. The molecule has 2 aromatic carbocycles. The summed E-state index contributed by atoms with van der Waals surface area (Å²) < 4.78 is 47.6. The van der Waals surface area contributed by atoms with Crippen molar-refractivity contribution in [2.45, 2.75) is 68.0 Å². The SMILES string of the molecule is CN(C)C(=O)O[C@@H]1/C=C\COC(C)(C)C(=O)NS(=O)(=O)c2ccc3c(c2)N(C[C@@H]2CC[C@H]21)C[C@@]1(CCCc2cc(Cl)ccc21)CO3. The number of halogens is 1. The molecule has 4 aliphatic rings. The lowest BCUT2D eigenvalue weighted by Crippen LogP contribution is -2.50. The standard InChI is InChI=1S/C34H42ClN3O7S/c1-33(2)31(39)36-46(41,42)25-11-14-30-28(18-25)38(20-34(21-43-30)15-5-7-22-17-24(35)10-13-27(22)34)19-23-9-12-26(23)29(8-6-16-44-33)45-32(40)37(3)4/h6,8,10-11,13-14,17-18,23,26,29H,5,7,9,12,15-16,19-21H2,1-4H3,(H,36,39)/b8-6-/t23-,26+,29+,34-/m0/s1. The second kappa shape index (κ2) is 12.4. The molecule has 2 aromatic rings. The van der Waals surface area contributed by atoms with Crippen molar-refractivity contribution in [1.29, 1.82) is 0 Å². The molecule has 2 aliphatic carbocycles. The van der Waals surface area contributed by atoms with E-state index in [2.05, 4.69) is 15.7 Å². The minimum Gasteiger partial charge on any atom is -0.490 e. The highest BCUT2D eigenvalue weighted by Gasteiger charge is 2.45. The molecular formula is C34H42ClN3O7S. The van der Waals surface area contributed by atoms with Crippen molar-refractivity contribution in [1.82, 2.24) is 9.62 Å². The fourth-order valence-electron chi connectivity index (χ4n) is 7.10. The lowest BCUT2D eigenvalue weighted by atomic mass is 9.68. The summed E-state index contributed by atoms with van der Waals surface area (Å²) in [6.45, 7) is 4.70. The summed E-state index contributed by atoms with van der Waals surface area (Å²) in [5.74, 6) is -0.00935. The van der Waals surface area contributed by atoms with Gasteiger partial charge >= 0.3 is 6.09 Å². The normalized spacial score (nSPS) is 29.1. The van der Waals surface area contributed by atoms with Gasteiger partial charge in [-0.3, -0.25) is 4.79 Å². The van der Waals surface area contributed by atoms with Crippen molar-refractivity contribution >= 4 is 39.3 Å². The molecule has 0 unspecified atom stereocenters. The number of hydrogen-bond acceptors (Lipinski definition) is 8. The van der Waals surface area contributed by atoms with Crippen LogP contribution in [0.15, 0.2) is 53.4 Å². The Labute approximate surface area is 276 Å². The Morgan fingerprint density at radius 2 is 1.96 bits per heavy atom. The van der Waals surface area contributed by atoms with Crippen LogP contribution in [0.25, 0.3) is 0 Å². The van der Waals surface area contributed by atoms with Crippen molar-refractivity contribution in [2.75, 3.05) is 45.3 Å². The number of anilines is 1. The second-order valence-electron chi connectivity index (χ2n) is 13.7. The molecule has 2 amide bonds. The van der Waals surface area contributed by atoms with Crippen molar-refractivity contribution in [3.05, 3.63) is 64.7 Å². The predicted octanol–water partition coefficient (Wildman–Crippen LogP) is 5.08. The van der Waals surface area contributed by atoms with Gasteiger partial charge in [0, 0.05) is 43.5 Å². The smallest absolute Gasteiger partial charge is 0.409 e. The van der Waals surface area contributed by atoms with Crippen LogP contribution in [-0.4, -0.2) is 77.4 Å². The molecule has 4 atom stereocenters. The van der Waals surface area contributed by atoms with Crippen LogP contribution in [0.4, 0.5) is 10.5 Å². The van der Waals surface area contributed by atoms with Gasteiger partial charge in [0.25, 0.3) is 15.9 Å². The summed E-state index contributed by atoms with van der Waals surface area (Å²) in [7, 11) is -0.925. The molecule has 248 valence electrons. The van der Waals surface area contributed by atoms with E-state index in [0.717, 1.165) is 32.1 Å². The minimum atomic E-state index is -4.23. The molecule has 0 saturated heterocycles. The number of hydrogen-bond donors (Lipinski definition) is 1. The van der Waals surface area contributed by atoms with Crippen LogP contribution in [-0.2, 0) is 36.1 Å². The van der Waals surface area contributed by atoms with Gasteiger partial charge < -0.3 is 24.0 Å². The summed E-state index contributed by atoms with van der Waals surface area (Å²) in [5.41, 5.74) is 1.27. The molecule has 2 bridgehead atoms. The molecule has 10 nitrogen and oxygen atoms in total. The van der Waals surface area contributed by atoms with E-state index >= 15 is 0 Å². The van der Waals surface area contributed by atoms with Crippen LogP contribution >= 0.6 is 11.6 Å². The number of sulfonamides is 1. The molecular weight excluding hydrogens is 630 g/mol. The zero-order valence-electron chi connectivity index (χ0n) is 26.8. The Kier molecular flexibility index (Phi) is 8.80. The highest BCUT2D eigenvalue weighted by molar-refractivity contribution is 7.90. The van der Waals surface area contributed by atoms with Crippen LogP contribution in [0.2, 0.25) is 5.02 Å². The number of amides is 2. The van der Waals surface area contributed by atoms with E-state index in [0.29, 0.717) is 36.2 Å². The van der Waals surface area contributed by atoms with Crippen molar-refractivity contribution < 1.29 is 32.2 Å². The van der Waals surface area contributed by atoms with E-state index in [-0.39, 0.29) is 28.8 Å². The zero-order chi connectivity index (χ0) is 32.9. The van der Waals surface area contributed by atoms with Gasteiger partial charge in [-0.1, -0.05) is 23.7 Å². The van der Waals surface area contributed by atoms with Crippen LogP contribution < -0.4 is 14.4 Å². The van der Waals surface area contributed by atoms with Gasteiger partial charge in [-0.15, -0.1) is 0 Å². The summed E-state index contributed by atoms with van der Waals surface area (Å²) in [4.78, 5) is 29.5. The third-order valence-electron chi connectivity index (χ3n) is 9.91. The number of ether oxygens (including phenoxy) is 3. The van der Waals surface area contributed by atoms with Crippen molar-refractivity contribution in [2.24, 2.45) is 11.8 Å². The molecule has 2 heterocycles. The van der Waals surface area contributed by atoms with E-state index in [4.69, 9.17) is 25.8 Å². The van der Waals surface area contributed by atoms with Gasteiger partial charge in [0.1, 0.15) is 17.5 Å². The fraction of sp³-hybridized carbons (Fsp3) is 0.529. The van der Waals surface area contributed by atoms with Gasteiger partial charge in [0.05, 0.1) is 23.8 Å². The van der Waals surface area contributed by atoms with Crippen molar-refractivity contribution in [3.63, 3.8) is 0 Å². The summed E-state index contributed by atoms with van der Waals surface area (Å²) >= 11 is 6.41. The number of nitrogens with zero attached hydrogens (tertiary/aromatic N) is 2. The number of carbonyl (C=O) groups excluding carboxylic acids is 2. The maximum Gasteiger partial charge on any atom is 0.409 e. The predicted molar refractivity (Wildman–Crippen MR) is 175 cm³/mol. The Hall–Kier alpha value is -3.28. The van der Waals surface area contributed by atoms with Gasteiger partial charge in [-0.2, -0.15) is 0 Å². The first-order valence-electron chi connectivity index (χ1n) is 15.8. The largest absolute Gasteiger partial charge is 0.490 e. The van der Waals surface area contributed by atoms with E-state index in [1.807, 2.05) is 18.2 Å². The highest BCUT2D eigenvalue weighted by Crippen LogP contribution is 2.47. The molecule has 2 aliphatic heterocycles. The van der Waals surface area contributed by atoms with Gasteiger partial charge in [0.15, 0.2) is 0 Å². The first kappa shape index (κ1) is 32.7. The molecule has 1 spiro atoms. The maximum absolute atomic E-state index is 13.6. The Morgan fingerprint density at radius 3 is 2.70 bits per heavy atom. The summed E-state index contributed by atoms with van der Waals surface area (Å²) in [5, 5.41) is 0.702. The number of rotatable bonds is 1. The minimum absolute atomic E-state index is 0.0299. The number of benzene rings is 2. The van der Waals surface area contributed by atoms with E-state index < -0.39 is 33.7 Å². The number of fused-ring (bicyclic) bond motifs is 4. The lowest BCUT2D eigenvalue weighted by molar-refractivity contribution is -0.139. The van der Waals surface area contributed by atoms with Gasteiger partial charge in [0.2, 0.25) is 0 Å². The molecule has 1 saturated carbocycles. The van der Waals surface area contributed by atoms with E-state index in [1.165, 1.54) is 35.9 Å². The number of aryl methyl sites for hydroxylation is 1. The van der Waals surface area contributed by atoms with Crippen LogP contribution in [0.3, 0.4) is 0 Å². The first-order valence-corrected chi connectivity index (χ1v) is 17.7. The van der Waals surface area contributed by atoms with Gasteiger partial charge in [-0.25, -0.2) is 17.9 Å². The van der Waals surface area contributed by atoms with Crippen LogP contribution in [0, 0.1) is 11.8 Å². The molecule has 1 N–H and O–H groups in total. The molecule has 1 fully saturated rings. The Balaban J connectivity index is 1.44. The zero-order valence-corrected chi connectivity index (χ0v) is 28.3. The average molecular weight is 672 g/mol. The second-order valence-corrected chi connectivity index (χ2v) is 15.8. The van der Waals surface area contributed by atoms with E-state index in [1.54, 1.807) is 32.3 Å². The quantitative estimate of drug-likeness (QED) is 0.418. The summed E-state index contributed by atoms with van der Waals surface area (Å²) in [6.07, 6.45) is 7.24. The molecule has 0 radical (unpaired) electrons. The third kappa shape index (κ3) is 6.33. The maximum atomic E-state index is 13.6. The fourth-order valence-corrected chi connectivity index (χ4v) is 8.42. The Bertz CT molecular complexity index is 1660. The number of carbonyl (C=O) groups is 2. The lowest BCUT2D eigenvalue weighted by Gasteiger charge is -2.46. The molecule has 46 heavy (non-hydrogen) atoms. The Morgan fingerprint density at radius 1 is 1.15 bits per heavy atom. The van der Waals surface area contributed by atoms with Gasteiger partial charge in [-0.05, 0) is 99.4 Å². The van der Waals surface area contributed by atoms with Crippen LogP contribution in [0.5, 0.6) is 5.75 Å². The van der Waals surface area contributed by atoms with E-state index in [9.17, 15) is 18.0 Å². The number of nitrogens with one attached hydrogen (secondary N) is 1. The third-order valence-corrected chi connectivity index (χ3v) is 11.5. The highest BCUT2D eigenvalue weighted by atomic mass is 35.5. The van der Waals surface area contributed by atoms with Crippen LogP contribution in [0.1, 0.15) is 50.7 Å². The van der Waals surface area contributed by atoms with Crippen molar-refractivity contribution in [3.8, 4) is 5.75 Å².